The first kappa shape index (κ1) is 17.2. The maximum absolute atomic E-state index is 6.49. The zero-order chi connectivity index (χ0) is 15.2. The van der Waals surface area contributed by atoms with Crippen molar-refractivity contribution in [2.75, 3.05) is 13.2 Å². The molecule has 2 unspecified atom stereocenters. The number of hydrogen-bond donors (Lipinski definition) is 0. The van der Waals surface area contributed by atoms with E-state index in [4.69, 9.17) is 44.3 Å². The fourth-order valence-corrected chi connectivity index (χ4v) is 3.45. The van der Waals surface area contributed by atoms with Gasteiger partial charge in [-0.15, -0.1) is 11.6 Å². The average molecular weight is 352 g/mol. The lowest BCUT2D eigenvalue weighted by atomic mass is 10.0. The molecule has 0 aliphatic carbocycles. The van der Waals surface area contributed by atoms with E-state index < -0.39 is 0 Å². The van der Waals surface area contributed by atoms with Crippen LogP contribution in [0.4, 0.5) is 0 Å². The fourth-order valence-electron chi connectivity index (χ4n) is 2.57. The van der Waals surface area contributed by atoms with Gasteiger partial charge in [-0.05, 0) is 50.7 Å². The molecule has 21 heavy (non-hydrogen) atoms. The molecule has 2 nitrogen and oxygen atoms in total. The van der Waals surface area contributed by atoms with Crippen LogP contribution in [-0.2, 0) is 4.74 Å². The summed E-state index contributed by atoms with van der Waals surface area (Å²) in [5, 5.41) is 0.999. The number of halogens is 3. The van der Waals surface area contributed by atoms with Gasteiger partial charge in [0.2, 0.25) is 0 Å². The van der Waals surface area contributed by atoms with Gasteiger partial charge in [0.1, 0.15) is 5.75 Å². The largest absolute Gasteiger partial charge is 0.492 e. The molecule has 1 saturated heterocycles. The topological polar surface area (TPSA) is 18.5 Å². The van der Waals surface area contributed by atoms with Crippen LogP contribution >= 0.6 is 34.8 Å². The molecule has 0 spiro atoms. The minimum Gasteiger partial charge on any atom is -0.492 e. The SMILES string of the molecule is CCOc1cc(Cl)c(C(Cl)CCC2CCCCO2)cc1Cl. The molecule has 2 atom stereocenters. The summed E-state index contributed by atoms with van der Waals surface area (Å²) in [6.45, 7) is 3.33. The Morgan fingerprint density at radius 1 is 1.29 bits per heavy atom. The van der Waals surface area contributed by atoms with Crippen molar-refractivity contribution >= 4 is 34.8 Å². The van der Waals surface area contributed by atoms with Gasteiger partial charge in [0, 0.05) is 17.7 Å². The van der Waals surface area contributed by atoms with Crippen LogP contribution in [0, 0.1) is 0 Å². The van der Waals surface area contributed by atoms with Gasteiger partial charge in [-0.25, -0.2) is 0 Å². The zero-order valence-electron chi connectivity index (χ0n) is 12.2. The Morgan fingerprint density at radius 2 is 2.10 bits per heavy atom. The van der Waals surface area contributed by atoms with Gasteiger partial charge < -0.3 is 9.47 Å². The Balaban J connectivity index is 1.97. The minimum absolute atomic E-state index is 0.156. The number of hydrogen-bond acceptors (Lipinski definition) is 2. The first-order chi connectivity index (χ1) is 10.1. The van der Waals surface area contributed by atoms with Crippen LogP contribution < -0.4 is 4.74 Å². The Bertz CT molecular complexity index is 459. The second-order valence-corrected chi connectivity index (χ2v) is 6.61. The highest BCUT2D eigenvalue weighted by Crippen LogP contribution is 2.38. The summed E-state index contributed by atoms with van der Waals surface area (Å²) >= 11 is 19.0. The molecule has 1 aromatic rings. The molecule has 1 aliphatic heterocycles. The molecule has 0 aromatic heterocycles. The quantitative estimate of drug-likeness (QED) is 0.583. The van der Waals surface area contributed by atoms with Crippen molar-refractivity contribution < 1.29 is 9.47 Å². The van der Waals surface area contributed by atoms with Crippen molar-refractivity contribution in [3.05, 3.63) is 27.7 Å². The summed E-state index contributed by atoms with van der Waals surface area (Å²) in [5.41, 5.74) is 0.864. The maximum atomic E-state index is 6.49. The number of benzene rings is 1. The molecule has 1 aromatic carbocycles. The maximum Gasteiger partial charge on any atom is 0.139 e. The molecule has 2 rings (SSSR count). The van der Waals surface area contributed by atoms with E-state index in [1.807, 2.05) is 13.0 Å². The summed E-state index contributed by atoms with van der Waals surface area (Å²) in [4.78, 5) is 0. The molecule has 0 radical (unpaired) electrons. The lowest BCUT2D eigenvalue weighted by Crippen LogP contribution is -2.19. The molecule has 5 heteroatoms. The number of alkyl halides is 1. The minimum atomic E-state index is -0.156. The van der Waals surface area contributed by atoms with Gasteiger partial charge in [-0.3, -0.25) is 0 Å². The normalized spacial score (nSPS) is 20.3. The molecule has 0 amide bonds. The van der Waals surface area contributed by atoms with Gasteiger partial charge >= 0.3 is 0 Å². The highest BCUT2D eigenvalue weighted by Gasteiger charge is 2.19. The van der Waals surface area contributed by atoms with Crippen molar-refractivity contribution in [2.45, 2.75) is 50.5 Å². The van der Waals surface area contributed by atoms with E-state index in [1.54, 1.807) is 6.07 Å². The second kappa shape index (κ2) is 8.47. The summed E-state index contributed by atoms with van der Waals surface area (Å²) in [5.74, 6) is 0.604. The number of rotatable bonds is 6. The van der Waals surface area contributed by atoms with Crippen molar-refractivity contribution in [1.82, 2.24) is 0 Å². The summed E-state index contributed by atoms with van der Waals surface area (Å²) in [6.07, 6.45) is 5.65. The lowest BCUT2D eigenvalue weighted by molar-refractivity contribution is 0.0100. The van der Waals surface area contributed by atoms with Crippen molar-refractivity contribution in [3.63, 3.8) is 0 Å². The second-order valence-electron chi connectivity index (χ2n) is 5.27. The summed E-state index contributed by atoms with van der Waals surface area (Å²) in [7, 11) is 0. The molecular formula is C16H21Cl3O2. The van der Waals surface area contributed by atoms with Crippen molar-refractivity contribution in [2.24, 2.45) is 0 Å². The number of ether oxygens (including phenoxy) is 2. The third-order valence-corrected chi connectivity index (χ3v) is 4.78. The van der Waals surface area contributed by atoms with E-state index in [0.717, 1.165) is 31.4 Å². The monoisotopic (exact) mass is 350 g/mol. The van der Waals surface area contributed by atoms with Gasteiger partial charge in [0.25, 0.3) is 0 Å². The third kappa shape index (κ3) is 4.92. The predicted octanol–water partition coefficient (Wildman–Crippen LogP) is 6.02. The molecule has 0 bridgehead atoms. The lowest BCUT2D eigenvalue weighted by Gasteiger charge is -2.23. The Hall–Kier alpha value is -0.150. The van der Waals surface area contributed by atoms with Gasteiger partial charge in [-0.2, -0.15) is 0 Å². The van der Waals surface area contributed by atoms with Crippen LogP contribution in [0.25, 0.3) is 0 Å². The molecule has 1 heterocycles. The van der Waals surface area contributed by atoms with Crippen LogP contribution in [0.3, 0.4) is 0 Å². The Kier molecular flexibility index (Phi) is 6.94. The summed E-state index contributed by atoms with van der Waals surface area (Å²) in [6, 6.07) is 3.56. The van der Waals surface area contributed by atoms with Crippen LogP contribution in [-0.4, -0.2) is 19.3 Å². The van der Waals surface area contributed by atoms with Gasteiger partial charge in [0.15, 0.2) is 0 Å². The van der Waals surface area contributed by atoms with Crippen LogP contribution in [0.1, 0.15) is 50.0 Å². The van der Waals surface area contributed by atoms with Crippen molar-refractivity contribution in [3.8, 4) is 5.75 Å². The van der Waals surface area contributed by atoms with E-state index >= 15 is 0 Å². The van der Waals surface area contributed by atoms with Crippen LogP contribution in [0.5, 0.6) is 5.75 Å². The standard InChI is InChI=1S/C16H21Cl3O2/c1-2-20-16-10-14(18)12(9-15(16)19)13(17)7-6-11-5-3-4-8-21-11/h9-11,13H,2-8H2,1H3. The highest BCUT2D eigenvalue weighted by molar-refractivity contribution is 6.35. The van der Waals surface area contributed by atoms with E-state index in [9.17, 15) is 0 Å². The Morgan fingerprint density at radius 3 is 2.76 bits per heavy atom. The molecule has 0 saturated carbocycles. The predicted molar refractivity (Wildman–Crippen MR) is 89.1 cm³/mol. The first-order valence-corrected chi connectivity index (χ1v) is 8.68. The fraction of sp³-hybridized carbons (Fsp3) is 0.625. The van der Waals surface area contributed by atoms with Crippen molar-refractivity contribution in [1.29, 1.82) is 0 Å². The smallest absolute Gasteiger partial charge is 0.139 e. The Labute approximate surface area is 141 Å². The van der Waals surface area contributed by atoms with E-state index in [-0.39, 0.29) is 5.38 Å². The molecule has 1 fully saturated rings. The van der Waals surface area contributed by atoms with Crippen LogP contribution in [0.2, 0.25) is 10.0 Å². The molecule has 1 aliphatic rings. The van der Waals surface area contributed by atoms with Gasteiger partial charge in [-0.1, -0.05) is 23.2 Å². The first-order valence-electron chi connectivity index (χ1n) is 7.49. The third-order valence-electron chi connectivity index (χ3n) is 3.70. The molecule has 0 N–H and O–H groups in total. The zero-order valence-corrected chi connectivity index (χ0v) is 14.5. The molecular weight excluding hydrogens is 331 g/mol. The summed E-state index contributed by atoms with van der Waals surface area (Å²) < 4.78 is 11.2. The van der Waals surface area contributed by atoms with E-state index in [1.165, 1.54) is 12.8 Å². The van der Waals surface area contributed by atoms with Crippen LogP contribution in [0.15, 0.2) is 12.1 Å². The molecule has 118 valence electrons. The van der Waals surface area contributed by atoms with E-state index in [0.29, 0.717) is 28.5 Å². The average Bonchev–Trinajstić information content (AvgIpc) is 2.49. The van der Waals surface area contributed by atoms with E-state index in [2.05, 4.69) is 0 Å². The highest BCUT2D eigenvalue weighted by atomic mass is 35.5. The van der Waals surface area contributed by atoms with Gasteiger partial charge in [0.05, 0.1) is 23.1 Å².